The Kier molecular flexibility index (Phi) is 5.59. The van der Waals surface area contributed by atoms with Gasteiger partial charge in [-0.3, -0.25) is 14.4 Å². The Morgan fingerprint density at radius 2 is 1.77 bits per heavy atom. The number of nitrogens with one attached hydrogen (secondary N) is 1. The van der Waals surface area contributed by atoms with E-state index in [0.29, 0.717) is 42.9 Å². The average molecular weight is 418 g/mol. The van der Waals surface area contributed by atoms with E-state index >= 15 is 0 Å². The summed E-state index contributed by atoms with van der Waals surface area (Å²) < 4.78 is 1.61. The van der Waals surface area contributed by atoms with E-state index < -0.39 is 0 Å². The molecule has 0 aliphatic carbocycles. The molecule has 0 spiro atoms. The van der Waals surface area contributed by atoms with Crippen molar-refractivity contribution >= 4 is 5.91 Å². The monoisotopic (exact) mass is 418 g/mol. The number of carbonyl (C=O) groups excluding carboxylic acids is 1. The van der Waals surface area contributed by atoms with Gasteiger partial charge < -0.3 is 14.5 Å². The molecule has 0 bridgehead atoms. The van der Waals surface area contributed by atoms with E-state index in [1.807, 2.05) is 43.3 Å². The first-order chi connectivity index (χ1) is 14.9. The van der Waals surface area contributed by atoms with Crippen molar-refractivity contribution in [2.24, 2.45) is 0 Å². The molecule has 0 radical (unpaired) electrons. The third-order valence-corrected chi connectivity index (χ3v) is 6.00. The van der Waals surface area contributed by atoms with Crippen LogP contribution in [0.1, 0.15) is 51.5 Å². The third kappa shape index (κ3) is 3.95. The van der Waals surface area contributed by atoms with Crippen LogP contribution in [-0.4, -0.2) is 38.4 Å². The lowest BCUT2D eigenvalue weighted by Crippen LogP contribution is -2.39. The number of carbonyl (C=O) groups is 1. The zero-order chi connectivity index (χ0) is 22.1. The molecule has 4 rings (SSSR count). The first-order valence-electron chi connectivity index (χ1n) is 10.5. The molecule has 2 aromatic heterocycles. The molecule has 1 N–H and O–H groups in total. The molecule has 0 saturated carbocycles. The summed E-state index contributed by atoms with van der Waals surface area (Å²) in [5.74, 6) is 0.276. The lowest BCUT2D eigenvalue weighted by molar-refractivity contribution is 0.0759. The number of aryl methyl sites for hydroxylation is 2. The van der Waals surface area contributed by atoms with Gasteiger partial charge in [0.05, 0.1) is 11.7 Å². The molecule has 7 heteroatoms. The molecule has 7 nitrogen and oxygen atoms in total. The number of aromatic nitrogens is 3. The topological polar surface area (TPSA) is 88.1 Å². The number of amides is 1. The molecule has 160 valence electrons. The van der Waals surface area contributed by atoms with Crippen molar-refractivity contribution in [2.45, 2.75) is 39.7 Å². The largest absolute Gasteiger partial charge is 0.338 e. The average Bonchev–Trinajstić information content (AvgIpc) is 2.97. The highest BCUT2D eigenvalue weighted by Gasteiger charge is 2.26. The smallest absolute Gasteiger partial charge is 0.264 e. The van der Waals surface area contributed by atoms with Crippen LogP contribution < -0.4 is 11.1 Å². The molecular weight excluding hydrogens is 392 g/mol. The van der Waals surface area contributed by atoms with Crippen molar-refractivity contribution in [2.75, 3.05) is 13.1 Å². The molecule has 1 aromatic carbocycles. The number of hydrogen-bond donors (Lipinski definition) is 1. The van der Waals surface area contributed by atoms with Crippen LogP contribution in [0, 0.1) is 13.8 Å². The van der Waals surface area contributed by atoms with Gasteiger partial charge in [-0.2, -0.15) is 0 Å². The first kappa shape index (κ1) is 20.8. The summed E-state index contributed by atoms with van der Waals surface area (Å²) >= 11 is 0. The second-order valence-corrected chi connectivity index (χ2v) is 8.04. The van der Waals surface area contributed by atoms with Gasteiger partial charge in [-0.25, -0.2) is 4.98 Å². The fraction of sp³-hybridized carbons (Fsp3) is 0.333. The van der Waals surface area contributed by atoms with Gasteiger partial charge in [0.1, 0.15) is 11.4 Å². The summed E-state index contributed by atoms with van der Waals surface area (Å²) in [4.78, 5) is 47.9. The highest BCUT2D eigenvalue weighted by atomic mass is 16.2. The second kappa shape index (κ2) is 8.34. The Balaban J connectivity index is 1.66. The van der Waals surface area contributed by atoms with E-state index in [-0.39, 0.29) is 28.6 Å². The van der Waals surface area contributed by atoms with E-state index in [1.54, 1.807) is 29.5 Å². The highest BCUT2D eigenvalue weighted by molar-refractivity contribution is 5.95. The number of fused-ring (bicyclic) bond motifs is 1. The highest BCUT2D eigenvalue weighted by Crippen LogP contribution is 2.18. The zero-order valence-electron chi connectivity index (χ0n) is 18.0. The van der Waals surface area contributed by atoms with Crippen LogP contribution in [0.4, 0.5) is 0 Å². The summed E-state index contributed by atoms with van der Waals surface area (Å²) in [7, 11) is 0. The number of H-pyrrole nitrogens is 1. The minimum atomic E-state index is -0.296. The number of pyridine rings is 1. The third-order valence-electron chi connectivity index (χ3n) is 6.00. The Morgan fingerprint density at radius 3 is 2.52 bits per heavy atom. The quantitative estimate of drug-likeness (QED) is 0.708. The molecule has 1 unspecified atom stereocenters. The number of aromatic amines is 1. The fourth-order valence-corrected chi connectivity index (χ4v) is 4.19. The molecule has 3 heterocycles. The van der Waals surface area contributed by atoms with E-state index in [9.17, 15) is 14.4 Å². The first-order valence-corrected chi connectivity index (χ1v) is 10.5. The molecule has 0 saturated heterocycles. The van der Waals surface area contributed by atoms with E-state index in [1.165, 1.54) is 0 Å². The molecule has 31 heavy (non-hydrogen) atoms. The number of nitrogens with zero attached hydrogens (tertiary/aromatic N) is 3. The van der Waals surface area contributed by atoms with Gasteiger partial charge in [-0.1, -0.05) is 30.3 Å². The zero-order valence-corrected chi connectivity index (χ0v) is 18.0. The molecule has 0 fully saturated rings. The van der Waals surface area contributed by atoms with E-state index in [2.05, 4.69) is 9.97 Å². The predicted molar refractivity (Wildman–Crippen MR) is 119 cm³/mol. The van der Waals surface area contributed by atoms with Crippen molar-refractivity contribution < 1.29 is 4.79 Å². The van der Waals surface area contributed by atoms with Gasteiger partial charge >= 0.3 is 0 Å². The molecule has 1 aliphatic rings. The lowest BCUT2D eigenvalue weighted by atomic mass is 10.1. The molecule has 1 atom stereocenters. The molecule has 1 aliphatic heterocycles. The Hall–Kier alpha value is -3.48. The normalized spacial score (nSPS) is 14.6. The Labute approximate surface area is 180 Å². The predicted octanol–water partition coefficient (Wildman–Crippen LogP) is 2.40. The minimum Gasteiger partial charge on any atom is -0.338 e. The van der Waals surface area contributed by atoms with Crippen LogP contribution in [0.5, 0.6) is 0 Å². The van der Waals surface area contributed by atoms with Crippen molar-refractivity contribution in [1.29, 1.82) is 0 Å². The number of rotatable bonds is 3. The van der Waals surface area contributed by atoms with Crippen molar-refractivity contribution in [3.05, 3.63) is 97.1 Å². The summed E-state index contributed by atoms with van der Waals surface area (Å²) in [6.07, 6.45) is 2.66. The van der Waals surface area contributed by atoms with Crippen molar-refractivity contribution in [3.63, 3.8) is 0 Å². The Morgan fingerprint density at radius 1 is 1.06 bits per heavy atom. The summed E-state index contributed by atoms with van der Waals surface area (Å²) in [5.41, 5.74) is 2.76. The standard InChI is InChI=1S/C24H26N4O3/c1-15-9-14-28(16(2)18-7-5-4-6-8-18)24(31)21(15)23(30)27-12-10-19-20(11-13-27)25-17(3)26-22(19)29/h4-9,14,16H,10-13H2,1-3H3,(H,25,26,29). The van der Waals surface area contributed by atoms with Crippen LogP contribution >= 0.6 is 0 Å². The van der Waals surface area contributed by atoms with Gasteiger partial charge in [0.2, 0.25) is 0 Å². The Bertz CT molecular complexity index is 1240. The maximum absolute atomic E-state index is 13.4. The van der Waals surface area contributed by atoms with Crippen molar-refractivity contribution in [3.8, 4) is 0 Å². The second-order valence-electron chi connectivity index (χ2n) is 8.04. The van der Waals surface area contributed by atoms with E-state index in [4.69, 9.17) is 0 Å². The van der Waals surface area contributed by atoms with Crippen LogP contribution in [0.3, 0.4) is 0 Å². The van der Waals surface area contributed by atoms with Crippen LogP contribution in [0.2, 0.25) is 0 Å². The fourth-order valence-electron chi connectivity index (χ4n) is 4.19. The van der Waals surface area contributed by atoms with Gasteiger partial charge in [-0.05, 0) is 44.4 Å². The maximum Gasteiger partial charge on any atom is 0.264 e. The van der Waals surface area contributed by atoms with E-state index in [0.717, 1.165) is 11.3 Å². The number of benzene rings is 1. The maximum atomic E-state index is 13.4. The minimum absolute atomic E-state index is 0.147. The summed E-state index contributed by atoms with van der Waals surface area (Å²) in [6, 6.07) is 11.4. The van der Waals surface area contributed by atoms with Crippen LogP contribution in [-0.2, 0) is 12.8 Å². The summed E-state index contributed by atoms with van der Waals surface area (Å²) in [6.45, 7) is 6.28. The van der Waals surface area contributed by atoms with Gasteiger partial charge in [0.15, 0.2) is 0 Å². The van der Waals surface area contributed by atoms with Gasteiger partial charge in [0, 0.05) is 31.3 Å². The van der Waals surface area contributed by atoms with Crippen LogP contribution in [0.15, 0.2) is 52.2 Å². The van der Waals surface area contributed by atoms with Gasteiger partial charge in [0.25, 0.3) is 17.0 Å². The molecular formula is C24H26N4O3. The van der Waals surface area contributed by atoms with Crippen molar-refractivity contribution in [1.82, 2.24) is 19.4 Å². The van der Waals surface area contributed by atoms with Gasteiger partial charge in [-0.15, -0.1) is 0 Å². The number of hydrogen-bond acceptors (Lipinski definition) is 4. The summed E-state index contributed by atoms with van der Waals surface area (Å²) in [5, 5.41) is 0. The SMILES string of the molecule is Cc1nc2c(c(=O)[nH]1)CCN(C(=O)c1c(C)ccn(C(C)c3ccccc3)c1=O)CC2. The van der Waals surface area contributed by atoms with Crippen LogP contribution in [0.25, 0.3) is 0 Å². The molecule has 1 amide bonds. The lowest BCUT2D eigenvalue weighted by Gasteiger charge is -2.22. The molecule has 3 aromatic rings.